The molecular formula is C16H20N4O2. The first-order valence-electron chi connectivity index (χ1n) is 7.82. The second-order valence-electron chi connectivity index (χ2n) is 6.66. The number of amides is 1. The molecule has 1 aliphatic carbocycles. The summed E-state index contributed by atoms with van der Waals surface area (Å²) in [6, 6.07) is 3.93. The van der Waals surface area contributed by atoms with Crippen LogP contribution in [0.1, 0.15) is 25.7 Å². The van der Waals surface area contributed by atoms with Gasteiger partial charge in [-0.1, -0.05) is 0 Å². The highest BCUT2D eigenvalue weighted by molar-refractivity contribution is 5.74. The van der Waals surface area contributed by atoms with E-state index in [4.69, 9.17) is 4.74 Å². The van der Waals surface area contributed by atoms with Gasteiger partial charge in [0, 0.05) is 37.0 Å². The molecule has 0 unspecified atom stereocenters. The van der Waals surface area contributed by atoms with Gasteiger partial charge in [0.15, 0.2) is 5.65 Å². The molecule has 116 valence electrons. The second kappa shape index (κ2) is 4.97. The molecule has 0 N–H and O–H groups in total. The van der Waals surface area contributed by atoms with Crippen molar-refractivity contribution in [3.05, 3.63) is 18.3 Å². The average molecular weight is 300 g/mol. The van der Waals surface area contributed by atoms with Crippen LogP contribution in [0.5, 0.6) is 5.88 Å². The fourth-order valence-corrected chi connectivity index (χ4v) is 3.77. The first-order chi connectivity index (χ1) is 10.7. The number of nitrogens with zero attached hydrogens (tertiary/aromatic N) is 4. The fraction of sp³-hybridized carbons (Fsp3) is 0.562. The smallest absolute Gasteiger partial charge is 0.215 e. The van der Waals surface area contributed by atoms with Crippen molar-refractivity contribution >= 4 is 17.4 Å². The minimum atomic E-state index is 0.231. The zero-order valence-corrected chi connectivity index (χ0v) is 12.7. The summed E-state index contributed by atoms with van der Waals surface area (Å²) < 4.78 is 7.83. The summed E-state index contributed by atoms with van der Waals surface area (Å²) in [6.45, 7) is 1.84. The summed E-state index contributed by atoms with van der Waals surface area (Å²) in [4.78, 5) is 17.1. The summed E-state index contributed by atoms with van der Waals surface area (Å²) in [7, 11) is 1.89. The molecule has 1 saturated carbocycles. The molecule has 1 amide bonds. The van der Waals surface area contributed by atoms with Crippen LogP contribution in [0.3, 0.4) is 0 Å². The average Bonchev–Trinajstić information content (AvgIpc) is 2.87. The molecule has 4 rings (SSSR count). The normalized spacial score (nSPS) is 21.0. The Morgan fingerprint density at radius 2 is 2.09 bits per heavy atom. The van der Waals surface area contributed by atoms with E-state index in [2.05, 4.69) is 10.1 Å². The van der Waals surface area contributed by atoms with Crippen molar-refractivity contribution in [3.8, 4) is 5.88 Å². The molecule has 2 aliphatic rings. The maximum absolute atomic E-state index is 10.7. The molecule has 2 aromatic heterocycles. The number of rotatable bonds is 3. The highest BCUT2D eigenvalue weighted by Crippen LogP contribution is 2.43. The third-order valence-electron chi connectivity index (χ3n) is 5.06. The van der Waals surface area contributed by atoms with Gasteiger partial charge < -0.3 is 9.64 Å². The molecule has 1 spiro atoms. The number of pyridine rings is 1. The lowest BCUT2D eigenvalue weighted by Gasteiger charge is -2.51. The fourth-order valence-electron chi connectivity index (χ4n) is 3.77. The molecule has 0 aromatic carbocycles. The van der Waals surface area contributed by atoms with Gasteiger partial charge in [-0.25, -0.2) is 0 Å². The number of hydrogen-bond donors (Lipinski definition) is 0. The van der Waals surface area contributed by atoms with Crippen LogP contribution in [0.4, 0.5) is 0 Å². The quantitative estimate of drug-likeness (QED) is 0.810. The van der Waals surface area contributed by atoms with Gasteiger partial charge in [0.05, 0.1) is 6.20 Å². The van der Waals surface area contributed by atoms with Gasteiger partial charge in [-0.15, -0.1) is 0 Å². The lowest BCUT2D eigenvalue weighted by atomic mass is 9.68. The lowest BCUT2D eigenvalue weighted by Crippen LogP contribution is -2.57. The van der Waals surface area contributed by atoms with E-state index in [1.54, 1.807) is 4.68 Å². The van der Waals surface area contributed by atoms with Crippen molar-refractivity contribution in [3.63, 3.8) is 0 Å². The summed E-state index contributed by atoms with van der Waals surface area (Å²) >= 11 is 0. The Labute approximate surface area is 129 Å². The van der Waals surface area contributed by atoms with E-state index in [1.165, 1.54) is 0 Å². The van der Waals surface area contributed by atoms with Crippen LogP contribution in [0, 0.1) is 5.41 Å². The first kappa shape index (κ1) is 13.5. The number of carbonyl (C=O) groups is 1. The van der Waals surface area contributed by atoms with E-state index in [0.717, 1.165) is 56.2 Å². The molecule has 0 atom stereocenters. The van der Waals surface area contributed by atoms with Gasteiger partial charge in [0.1, 0.15) is 6.10 Å². The Hall–Kier alpha value is -2.11. The maximum atomic E-state index is 10.7. The zero-order valence-electron chi connectivity index (χ0n) is 12.7. The van der Waals surface area contributed by atoms with Crippen LogP contribution >= 0.6 is 0 Å². The van der Waals surface area contributed by atoms with Crippen molar-refractivity contribution in [2.24, 2.45) is 12.5 Å². The van der Waals surface area contributed by atoms with Crippen molar-refractivity contribution in [2.75, 3.05) is 13.1 Å². The molecule has 1 aliphatic heterocycles. The Balaban J connectivity index is 1.39. The minimum absolute atomic E-state index is 0.231. The highest BCUT2D eigenvalue weighted by atomic mass is 16.5. The van der Waals surface area contributed by atoms with Gasteiger partial charge in [-0.3, -0.25) is 9.48 Å². The zero-order chi connectivity index (χ0) is 15.2. The molecule has 2 fully saturated rings. The Morgan fingerprint density at radius 1 is 1.32 bits per heavy atom. The monoisotopic (exact) mass is 300 g/mol. The summed E-state index contributed by atoms with van der Waals surface area (Å²) in [6.07, 6.45) is 7.35. The number of carbonyl (C=O) groups excluding carboxylic acids is 1. The highest BCUT2D eigenvalue weighted by Gasteiger charge is 2.45. The minimum Gasteiger partial charge on any atom is -0.474 e. The van der Waals surface area contributed by atoms with Crippen molar-refractivity contribution in [1.29, 1.82) is 0 Å². The largest absolute Gasteiger partial charge is 0.474 e. The molecule has 0 bridgehead atoms. The Kier molecular flexibility index (Phi) is 3.06. The SMILES string of the molecule is Cn1ncc2ccc(OC3CCC4(CC3)CN(C=O)C4)nc21. The van der Waals surface area contributed by atoms with Crippen LogP contribution in [-0.4, -0.2) is 45.3 Å². The van der Waals surface area contributed by atoms with E-state index in [0.29, 0.717) is 11.3 Å². The number of aromatic nitrogens is 3. The molecule has 2 aromatic rings. The first-order valence-corrected chi connectivity index (χ1v) is 7.82. The molecule has 1 saturated heterocycles. The van der Waals surface area contributed by atoms with Crippen LogP contribution in [0.15, 0.2) is 18.3 Å². The number of aryl methyl sites for hydroxylation is 1. The van der Waals surface area contributed by atoms with Crippen molar-refractivity contribution in [1.82, 2.24) is 19.7 Å². The van der Waals surface area contributed by atoms with Crippen molar-refractivity contribution in [2.45, 2.75) is 31.8 Å². The molecular weight excluding hydrogens is 280 g/mol. The molecule has 6 heteroatoms. The van der Waals surface area contributed by atoms with Crippen molar-refractivity contribution < 1.29 is 9.53 Å². The topological polar surface area (TPSA) is 60.2 Å². The van der Waals surface area contributed by atoms with E-state index in [-0.39, 0.29) is 6.10 Å². The molecule has 0 radical (unpaired) electrons. The number of likely N-dealkylation sites (tertiary alicyclic amines) is 1. The number of hydrogen-bond acceptors (Lipinski definition) is 4. The lowest BCUT2D eigenvalue weighted by molar-refractivity contribution is -0.132. The molecule has 6 nitrogen and oxygen atoms in total. The Bertz CT molecular complexity index is 695. The van der Waals surface area contributed by atoms with Gasteiger partial charge in [-0.05, 0) is 31.7 Å². The van der Waals surface area contributed by atoms with E-state index in [9.17, 15) is 4.79 Å². The van der Waals surface area contributed by atoms with E-state index >= 15 is 0 Å². The van der Waals surface area contributed by atoms with Crippen LogP contribution < -0.4 is 4.74 Å². The van der Waals surface area contributed by atoms with Gasteiger partial charge in [-0.2, -0.15) is 10.1 Å². The predicted octanol–water partition coefficient (Wildman–Crippen LogP) is 1.75. The van der Waals surface area contributed by atoms with Crippen LogP contribution in [-0.2, 0) is 11.8 Å². The van der Waals surface area contributed by atoms with Crippen LogP contribution in [0.2, 0.25) is 0 Å². The predicted molar refractivity (Wildman–Crippen MR) is 81.5 cm³/mol. The summed E-state index contributed by atoms with van der Waals surface area (Å²) in [5.74, 6) is 0.681. The van der Waals surface area contributed by atoms with Gasteiger partial charge in [0.25, 0.3) is 0 Å². The second-order valence-corrected chi connectivity index (χ2v) is 6.66. The van der Waals surface area contributed by atoms with E-state index in [1.807, 2.05) is 30.3 Å². The summed E-state index contributed by atoms with van der Waals surface area (Å²) in [5, 5.41) is 5.23. The Morgan fingerprint density at radius 3 is 2.82 bits per heavy atom. The third-order valence-corrected chi connectivity index (χ3v) is 5.06. The molecule has 22 heavy (non-hydrogen) atoms. The number of ether oxygens (including phenoxy) is 1. The third kappa shape index (κ3) is 2.23. The van der Waals surface area contributed by atoms with E-state index < -0.39 is 0 Å². The number of fused-ring (bicyclic) bond motifs is 1. The molecule has 3 heterocycles. The maximum Gasteiger partial charge on any atom is 0.215 e. The standard InChI is InChI=1S/C16H20N4O2/c1-19-15-12(8-17-19)2-3-14(18-15)22-13-4-6-16(7-5-13)9-20(10-16)11-21/h2-3,8,11,13H,4-7,9-10H2,1H3. The summed E-state index contributed by atoms with van der Waals surface area (Å²) in [5.41, 5.74) is 1.21. The van der Waals surface area contributed by atoms with Gasteiger partial charge >= 0.3 is 0 Å². The van der Waals surface area contributed by atoms with Crippen LogP contribution in [0.25, 0.3) is 11.0 Å². The van der Waals surface area contributed by atoms with Gasteiger partial charge in [0.2, 0.25) is 12.3 Å².